The van der Waals surface area contributed by atoms with Crippen LogP contribution < -0.4 is 15.6 Å². The number of amides is 2. The third-order valence-corrected chi connectivity index (χ3v) is 3.69. The van der Waals surface area contributed by atoms with Gasteiger partial charge in [-0.25, -0.2) is 0 Å². The number of aromatic nitrogens is 1. The minimum absolute atomic E-state index is 0.187. The molecule has 0 aliphatic heterocycles. The number of hydrogen-bond acceptors (Lipinski definition) is 3. The summed E-state index contributed by atoms with van der Waals surface area (Å²) in [6.45, 7) is 1.75. The van der Waals surface area contributed by atoms with E-state index in [4.69, 9.17) is 4.74 Å². The second-order valence-electron chi connectivity index (χ2n) is 5.75. The first-order valence-electron chi connectivity index (χ1n) is 8.14. The highest BCUT2D eigenvalue weighted by atomic mass is 16.5. The van der Waals surface area contributed by atoms with Crippen molar-refractivity contribution in [2.24, 2.45) is 0 Å². The molecule has 0 unspecified atom stereocenters. The zero-order valence-corrected chi connectivity index (χ0v) is 14.3. The average molecular weight is 349 g/mol. The number of rotatable bonds is 5. The van der Waals surface area contributed by atoms with E-state index in [0.717, 1.165) is 11.3 Å². The lowest BCUT2D eigenvalue weighted by Gasteiger charge is -2.10. The molecule has 0 atom stereocenters. The fraction of sp³-hybridized carbons (Fsp3) is 0.100. The fourth-order valence-corrected chi connectivity index (χ4v) is 2.40. The van der Waals surface area contributed by atoms with Crippen molar-refractivity contribution in [3.8, 4) is 11.4 Å². The maximum atomic E-state index is 12.2. The Morgan fingerprint density at radius 2 is 1.73 bits per heavy atom. The number of ether oxygens (including phenoxy) is 1. The second-order valence-corrected chi connectivity index (χ2v) is 5.75. The standard InChI is InChI=1S/C20H19N3O3/c1-15-6-4-9-18(12-15)26-14-19(24)21-22-20(25)16-7-5-8-17(13-16)23-10-2-3-11-23/h2-13H,14H2,1H3,(H,21,24)(H,22,25). The maximum absolute atomic E-state index is 12.2. The molecule has 1 aromatic heterocycles. The van der Waals surface area contributed by atoms with Gasteiger partial charge in [-0.2, -0.15) is 0 Å². The SMILES string of the molecule is Cc1cccc(OCC(=O)NNC(=O)c2cccc(-n3cccc3)c2)c1. The van der Waals surface area contributed by atoms with Crippen LogP contribution in [0.2, 0.25) is 0 Å². The number of aryl methyl sites for hydroxylation is 1. The van der Waals surface area contributed by atoms with Crippen LogP contribution >= 0.6 is 0 Å². The first-order chi connectivity index (χ1) is 12.6. The summed E-state index contributed by atoms with van der Waals surface area (Å²) in [5.41, 5.74) is 7.08. The fourth-order valence-electron chi connectivity index (χ4n) is 2.40. The van der Waals surface area contributed by atoms with Gasteiger partial charge in [-0.1, -0.05) is 18.2 Å². The van der Waals surface area contributed by atoms with E-state index in [1.165, 1.54) is 0 Å². The Morgan fingerprint density at radius 1 is 0.962 bits per heavy atom. The van der Waals surface area contributed by atoms with E-state index in [2.05, 4.69) is 10.9 Å². The molecule has 0 saturated carbocycles. The van der Waals surface area contributed by atoms with Gasteiger partial charge in [-0.05, 0) is 55.0 Å². The molecule has 0 aliphatic carbocycles. The van der Waals surface area contributed by atoms with E-state index in [1.807, 2.05) is 60.3 Å². The first-order valence-corrected chi connectivity index (χ1v) is 8.14. The Hall–Kier alpha value is -3.54. The van der Waals surface area contributed by atoms with Crippen LogP contribution in [-0.4, -0.2) is 23.0 Å². The van der Waals surface area contributed by atoms with Gasteiger partial charge in [0.05, 0.1) is 0 Å². The summed E-state index contributed by atoms with van der Waals surface area (Å²) in [5.74, 6) is -0.241. The lowest BCUT2D eigenvalue weighted by Crippen LogP contribution is -2.43. The van der Waals surface area contributed by atoms with E-state index >= 15 is 0 Å². The molecule has 26 heavy (non-hydrogen) atoms. The van der Waals surface area contributed by atoms with Crippen molar-refractivity contribution in [3.63, 3.8) is 0 Å². The highest BCUT2D eigenvalue weighted by Gasteiger charge is 2.09. The number of nitrogens with one attached hydrogen (secondary N) is 2. The molecule has 6 nitrogen and oxygen atoms in total. The molecule has 2 aromatic carbocycles. The third kappa shape index (κ3) is 4.51. The van der Waals surface area contributed by atoms with Gasteiger partial charge >= 0.3 is 0 Å². The molecule has 2 N–H and O–H groups in total. The Kier molecular flexibility index (Phi) is 5.34. The smallest absolute Gasteiger partial charge is 0.276 e. The highest BCUT2D eigenvalue weighted by molar-refractivity contribution is 5.95. The van der Waals surface area contributed by atoms with Crippen LogP contribution in [0, 0.1) is 6.92 Å². The van der Waals surface area contributed by atoms with Crippen molar-refractivity contribution < 1.29 is 14.3 Å². The lowest BCUT2D eigenvalue weighted by atomic mass is 10.2. The first kappa shape index (κ1) is 17.3. The minimum Gasteiger partial charge on any atom is -0.484 e. The van der Waals surface area contributed by atoms with Gasteiger partial charge in [0.15, 0.2) is 6.61 Å². The molecule has 3 aromatic rings. The molecule has 3 rings (SSSR count). The van der Waals surface area contributed by atoms with E-state index in [1.54, 1.807) is 24.3 Å². The predicted molar refractivity (Wildman–Crippen MR) is 98.1 cm³/mol. The Morgan fingerprint density at radius 3 is 2.50 bits per heavy atom. The third-order valence-electron chi connectivity index (χ3n) is 3.69. The van der Waals surface area contributed by atoms with Crippen LogP contribution in [0.1, 0.15) is 15.9 Å². The van der Waals surface area contributed by atoms with Crippen LogP contribution in [0.4, 0.5) is 0 Å². The van der Waals surface area contributed by atoms with Crippen LogP contribution in [0.3, 0.4) is 0 Å². The summed E-state index contributed by atoms with van der Waals surface area (Å²) < 4.78 is 7.28. The normalized spacial score (nSPS) is 10.2. The molecule has 0 fully saturated rings. The van der Waals surface area contributed by atoms with Crippen molar-refractivity contribution >= 4 is 11.8 Å². The average Bonchev–Trinajstić information content (AvgIpc) is 3.19. The summed E-state index contributed by atoms with van der Waals surface area (Å²) in [5, 5.41) is 0. The molecule has 0 spiro atoms. The summed E-state index contributed by atoms with van der Waals surface area (Å²) in [7, 11) is 0. The van der Waals surface area contributed by atoms with Gasteiger partial charge in [0.1, 0.15) is 5.75 Å². The van der Waals surface area contributed by atoms with Gasteiger partial charge in [0.25, 0.3) is 11.8 Å². The lowest BCUT2D eigenvalue weighted by molar-refractivity contribution is -0.123. The van der Waals surface area contributed by atoms with Gasteiger partial charge < -0.3 is 9.30 Å². The van der Waals surface area contributed by atoms with Gasteiger partial charge in [-0.15, -0.1) is 0 Å². The molecule has 132 valence electrons. The van der Waals surface area contributed by atoms with Gasteiger partial charge in [0, 0.05) is 23.6 Å². The van der Waals surface area contributed by atoms with Crippen molar-refractivity contribution in [1.29, 1.82) is 0 Å². The van der Waals surface area contributed by atoms with E-state index in [9.17, 15) is 9.59 Å². The number of carbonyl (C=O) groups excluding carboxylic acids is 2. The minimum atomic E-state index is -0.443. The Bertz CT molecular complexity index is 904. The maximum Gasteiger partial charge on any atom is 0.276 e. The Labute approximate surface area is 151 Å². The van der Waals surface area contributed by atoms with Gasteiger partial charge in [0.2, 0.25) is 0 Å². The molecule has 2 amide bonds. The van der Waals surface area contributed by atoms with Crippen LogP contribution in [-0.2, 0) is 4.79 Å². The number of benzene rings is 2. The van der Waals surface area contributed by atoms with Gasteiger partial charge in [-0.3, -0.25) is 20.4 Å². The Balaban J connectivity index is 1.52. The zero-order chi connectivity index (χ0) is 18.4. The molecular weight excluding hydrogens is 330 g/mol. The molecule has 0 saturated heterocycles. The summed E-state index contributed by atoms with van der Waals surface area (Å²) in [6.07, 6.45) is 3.78. The molecule has 1 heterocycles. The van der Waals surface area contributed by atoms with Crippen molar-refractivity contribution in [2.75, 3.05) is 6.61 Å². The molecule has 6 heteroatoms. The monoisotopic (exact) mass is 349 g/mol. The largest absolute Gasteiger partial charge is 0.484 e. The number of hydrazine groups is 1. The number of carbonyl (C=O) groups is 2. The van der Waals surface area contributed by atoms with E-state index in [0.29, 0.717) is 11.3 Å². The van der Waals surface area contributed by atoms with Crippen molar-refractivity contribution in [3.05, 3.63) is 84.2 Å². The highest BCUT2D eigenvalue weighted by Crippen LogP contribution is 2.12. The van der Waals surface area contributed by atoms with E-state index in [-0.39, 0.29) is 6.61 Å². The molecular formula is C20H19N3O3. The van der Waals surface area contributed by atoms with Crippen LogP contribution in [0.15, 0.2) is 73.1 Å². The zero-order valence-electron chi connectivity index (χ0n) is 14.3. The summed E-state index contributed by atoms with van der Waals surface area (Å²) in [6, 6.07) is 18.3. The molecule has 0 bridgehead atoms. The van der Waals surface area contributed by atoms with Crippen LogP contribution in [0.25, 0.3) is 5.69 Å². The molecule has 0 aliphatic rings. The number of nitrogens with zero attached hydrogens (tertiary/aromatic N) is 1. The van der Waals surface area contributed by atoms with E-state index < -0.39 is 11.8 Å². The van der Waals surface area contributed by atoms with Crippen molar-refractivity contribution in [2.45, 2.75) is 6.92 Å². The second kappa shape index (κ2) is 8.02. The summed E-state index contributed by atoms with van der Waals surface area (Å²) in [4.78, 5) is 24.0. The predicted octanol–water partition coefficient (Wildman–Crippen LogP) is 2.63. The van der Waals surface area contributed by atoms with Crippen LogP contribution in [0.5, 0.6) is 5.75 Å². The molecule has 0 radical (unpaired) electrons. The topological polar surface area (TPSA) is 72.4 Å². The number of hydrogen-bond donors (Lipinski definition) is 2. The van der Waals surface area contributed by atoms with Crippen molar-refractivity contribution in [1.82, 2.24) is 15.4 Å². The summed E-state index contributed by atoms with van der Waals surface area (Å²) >= 11 is 0. The quantitative estimate of drug-likeness (QED) is 0.696.